The molecule has 1 unspecified atom stereocenters. The summed E-state index contributed by atoms with van der Waals surface area (Å²) in [6.07, 6.45) is 8.15. The molecule has 25 heavy (non-hydrogen) atoms. The Morgan fingerprint density at radius 3 is 2.16 bits per heavy atom. The Kier molecular flexibility index (Phi) is 16.6. The Hall–Kier alpha value is -0.490. The summed E-state index contributed by atoms with van der Waals surface area (Å²) >= 11 is 2.85. The second-order valence-corrected chi connectivity index (χ2v) is 8.54. The molecule has 0 aliphatic carbocycles. The predicted molar refractivity (Wildman–Crippen MR) is 108 cm³/mol. The van der Waals surface area contributed by atoms with Crippen molar-refractivity contribution in [2.75, 3.05) is 12.4 Å². The van der Waals surface area contributed by atoms with Crippen molar-refractivity contribution in [1.82, 2.24) is 0 Å². The SMILES string of the molecule is CCCC(=O)SCCC(CCCCCC(=O)OCC)SC(=O)CCC. The van der Waals surface area contributed by atoms with E-state index in [-0.39, 0.29) is 21.4 Å². The van der Waals surface area contributed by atoms with Gasteiger partial charge in [-0.2, -0.15) is 0 Å². The zero-order chi connectivity index (χ0) is 18.9. The molecule has 0 saturated heterocycles. The van der Waals surface area contributed by atoms with E-state index >= 15 is 0 Å². The average Bonchev–Trinajstić information content (AvgIpc) is 2.55. The molecule has 146 valence electrons. The fraction of sp³-hybridized carbons (Fsp3) is 0.842. The molecule has 0 N–H and O–H groups in total. The molecule has 0 aromatic carbocycles. The number of hydrogen-bond donors (Lipinski definition) is 0. The zero-order valence-corrected chi connectivity index (χ0v) is 17.6. The number of ether oxygens (including phenoxy) is 1. The summed E-state index contributed by atoms with van der Waals surface area (Å²) < 4.78 is 4.92. The van der Waals surface area contributed by atoms with Gasteiger partial charge < -0.3 is 4.74 Å². The van der Waals surface area contributed by atoms with E-state index in [4.69, 9.17) is 4.74 Å². The van der Waals surface area contributed by atoms with Gasteiger partial charge >= 0.3 is 5.97 Å². The standard InChI is InChI=1S/C19H34O4S2/c1-4-10-18(21)24-15-14-16(25-19(22)11-5-2)12-8-7-9-13-17(20)23-6-3/h16H,4-15H2,1-3H3. The van der Waals surface area contributed by atoms with Gasteiger partial charge in [-0.25, -0.2) is 0 Å². The van der Waals surface area contributed by atoms with E-state index in [0.717, 1.165) is 50.7 Å². The maximum atomic E-state index is 11.9. The average molecular weight is 391 g/mol. The first kappa shape index (κ1) is 24.5. The van der Waals surface area contributed by atoms with Crippen LogP contribution in [0.2, 0.25) is 0 Å². The van der Waals surface area contributed by atoms with Gasteiger partial charge in [-0.3, -0.25) is 14.4 Å². The molecule has 0 heterocycles. The summed E-state index contributed by atoms with van der Waals surface area (Å²) in [6, 6.07) is 0. The van der Waals surface area contributed by atoms with Crippen LogP contribution in [0.4, 0.5) is 0 Å². The Balaban J connectivity index is 4.10. The lowest BCUT2D eigenvalue weighted by atomic mass is 10.1. The molecule has 0 aliphatic heterocycles. The van der Waals surface area contributed by atoms with Crippen LogP contribution in [-0.2, 0) is 19.1 Å². The molecule has 0 aromatic heterocycles. The van der Waals surface area contributed by atoms with Gasteiger partial charge in [0.1, 0.15) is 0 Å². The van der Waals surface area contributed by atoms with Gasteiger partial charge in [0.2, 0.25) is 0 Å². The number of unbranched alkanes of at least 4 members (excludes halogenated alkanes) is 2. The number of hydrogen-bond acceptors (Lipinski definition) is 6. The van der Waals surface area contributed by atoms with Crippen molar-refractivity contribution in [3.05, 3.63) is 0 Å². The van der Waals surface area contributed by atoms with Crippen LogP contribution in [0.1, 0.15) is 85.0 Å². The van der Waals surface area contributed by atoms with Crippen molar-refractivity contribution in [2.24, 2.45) is 0 Å². The zero-order valence-electron chi connectivity index (χ0n) is 16.0. The smallest absolute Gasteiger partial charge is 0.305 e. The fourth-order valence-electron chi connectivity index (χ4n) is 2.34. The van der Waals surface area contributed by atoms with Crippen molar-refractivity contribution < 1.29 is 19.1 Å². The second-order valence-electron chi connectivity index (χ2n) is 6.03. The molecule has 4 nitrogen and oxygen atoms in total. The Morgan fingerprint density at radius 2 is 1.52 bits per heavy atom. The van der Waals surface area contributed by atoms with Crippen LogP contribution < -0.4 is 0 Å². The lowest BCUT2D eigenvalue weighted by Crippen LogP contribution is -2.09. The molecule has 0 rings (SSSR count). The number of esters is 1. The summed E-state index contributed by atoms with van der Waals surface area (Å²) in [5, 5.41) is 0.785. The van der Waals surface area contributed by atoms with Crippen molar-refractivity contribution in [3.8, 4) is 0 Å². The van der Waals surface area contributed by atoms with Crippen LogP contribution >= 0.6 is 23.5 Å². The Morgan fingerprint density at radius 1 is 0.840 bits per heavy atom. The normalized spacial score (nSPS) is 12.0. The maximum Gasteiger partial charge on any atom is 0.305 e. The van der Waals surface area contributed by atoms with Gasteiger partial charge in [0.25, 0.3) is 0 Å². The summed E-state index contributed by atoms with van der Waals surface area (Å²) in [6.45, 7) is 6.28. The first-order chi connectivity index (χ1) is 12.0. The molecule has 0 spiro atoms. The maximum absolute atomic E-state index is 11.9. The van der Waals surface area contributed by atoms with Gasteiger partial charge in [0.05, 0.1) is 6.61 Å². The molecule has 0 bridgehead atoms. The quantitative estimate of drug-likeness (QED) is 0.276. The molecule has 0 fully saturated rings. The van der Waals surface area contributed by atoms with Crippen LogP contribution in [0.5, 0.6) is 0 Å². The number of carbonyl (C=O) groups excluding carboxylic acids is 3. The second kappa shape index (κ2) is 17.0. The third kappa shape index (κ3) is 15.5. The van der Waals surface area contributed by atoms with Crippen LogP contribution in [0, 0.1) is 0 Å². The molecule has 1 atom stereocenters. The third-order valence-electron chi connectivity index (χ3n) is 3.62. The minimum Gasteiger partial charge on any atom is -0.466 e. The highest BCUT2D eigenvalue weighted by molar-refractivity contribution is 8.14. The van der Waals surface area contributed by atoms with E-state index in [1.807, 2.05) is 20.8 Å². The molecular formula is C19H34O4S2. The van der Waals surface area contributed by atoms with Crippen LogP contribution in [-0.4, -0.2) is 33.8 Å². The summed E-state index contributed by atoms with van der Waals surface area (Å²) in [5.74, 6) is 0.663. The predicted octanol–water partition coefficient (Wildman–Crippen LogP) is 5.38. The van der Waals surface area contributed by atoms with Crippen molar-refractivity contribution in [2.45, 2.75) is 90.2 Å². The van der Waals surface area contributed by atoms with Gasteiger partial charge in [0.15, 0.2) is 10.2 Å². The van der Waals surface area contributed by atoms with Crippen molar-refractivity contribution in [1.29, 1.82) is 0 Å². The van der Waals surface area contributed by atoms with E-state index in [0.29, 0.717) is 25.9 Å². The molecule has 0 saturated carbocycles. The molecule has 0 aromatic rings. The third-order valence-corrected chi connectivity index (χ3v) is 5.86. The molecule has 0 aliphatic rings. The number of carbonyl (C=O) groups is 3. The van der Waals surface area contributed by atoms with Crippen LogP contribution in [0.25, 0.3) is 0 Å². The fourth-order valence-corrected chi connectivity index (χ4v) is 4.68. The Labute approximate surface area is 161 Å². The van der Waals surface area contributed by atoms with Gasteiger partial charge in [-0.1, -0.05) is 50.2 Å². The molecule has 6 heteroatoms. The Bertz CT molecular complexity index is 386. The van der Waals surface area contributed by atoms with E-state index < -0.39 is 0 Å². The summed E-state index contributed by atoms with van der Waals surface area (Å²) in [7, 11) is 0. The monoisotopic (exact) mass is 390 g/mol. The molecule has 0 amide bonds. The van der Waals surface area contributed by atoms with E-state index in [1.165, 1.54) is 23.5 Å². The first-order valence-corrected chi connectivity index (χ1v) is 11.4. The highest BCUT2D eigenvalue weighted by Gasteiger charge is 2.15. The van der Waals surface area contributed by atoms with Gasteiger partial charge in [0, 0.05) is 30.3 Å². The lowest BCUT2D eigenvalue weighted by Gasteiger charge is -2.15. The number of thioether (sulfide) groups is 2. The topological polar surface area (TPSA) is 60.4 Å². The van der Waals surface area contributed by atoms with E-state index in [1.54, 1.807) is 0 Å². The van der Waals surface area contributed by atoms with Crippen molar-refractivity contribution >= 4 is 39.7 Å². The largest absolute Gasteiger partial charge is 0.466 e. The number of rotatable bonds is 15. The van der Waals surface area contributed by atoms with E-state index in [2.05, 4.69) is 0 Å². The van der Waals surface area contributed by atoms with Crippen LogP contribution in [0.3, 0.4) is 0 Å². The first-order valence-electron chi connectivity index (χ1n) is 9.54. The van der Waals surface area contributed by atoms with Gasteiger partial charge in [-0.15, -0.1) is 0 Å². The van der Waals surface area contributed by atoms with E-state index in [9.17, 15) is 14.4 Å². The highest BCUT2D eigenvalue weighted by Crippen LogP contribution is 2.26. The van der Waals surface area contributed by atoms with Crippen LogP contribution in [0.15, 0.2) is 0 Å². The molecular weight excluding hydrogens is 356 g/mol. The molecule has 0 radical (unpaired) electrons. The minimum absolute atomic E-state index is 0.127. The summed E-state index contributed by atoms with van der Waals surface area (Å²) in [4.78, 5) is 34.9. The highest BCUT2D eigenvalue weighted by atomic mass is 32.2. The summed E-state index contributed by atoms with van der Waals surface area (Å²) in [5.41, 5.74) is 0. The lowest BCUT2D eigenvalue weighted by molar-refractivity contribution is -0.143. The van der Waals surface area contributed by atoms with Crippen molar-refractivity contribution in [3.63, 3.8) is 0 Å². The minimum atomic E-state index is -0.127. The van der Waals surface area contributed by atoms with Gasteiger partial charge in [-0.05, 0) is 39.0 Å².